The maximum atomic E-state index is 13.3. The zero-order valence-electron chi connectivity index (χ0n) is 9.40. The van der Waals surface area contributed by atoms with E-state index in [4.69, 9.17) is 23.2 Å². The van der Waals surface area contributed by atoms with Gasteiger partial charge in [-0.05, 0) is 18.6 Å². The Kier molecular flexibility index (Phi) is 4.09. The second kappa shape index (κ2) is 5.59. The fraction of sp³-hybridized carbons (Fsp3) is 0.250. The van der Waals surface area contributed by atoms with Crippen LogP contribution in [-0.2, 0) is 0 Å². The molecule has 0 aliphatic carbocycles. The molecule has 3 nitrogen and oxygen atoms in total. The van der Waals surface area contributed by atoms with Gasteiger partial charge in [-0.25, -0.2) is 4.39 Å². The number of rotatable bonds is 2. The van der Waals surface area contributed by atoms with Crippen LogP contribution in [0.4, 0.5) is 4.39 Å². The molecule has 0 atom stereocenters. The number of hydrogen-bond acceptors (Lipinski definition) is 3. The number of benzene rings is 1. The van der Waals surface area contributed by atoms with Crippen LogP contribution in [0, 0.1) is 5.82 Å². The number of carbonyl (C=O) groups excluding carboxylic acids is 1. The molecule has 0 spiro atoms. The highest BCUT2D eigenvalue weighted by molar-refractivity contribution is 6.40. The summed E-state index contributed by atoms with van der Waals surface area (Å²) in [6.07, 6.45) is 2.32. The molecule has 0 aromatic heterocycles. The molecule has 6 heteroatoms. The molecule has 1 aliphatic heterocycles. The van der Waals surface area contributed by atoms with Gasteiger partial charge in [0.15, 0.2) is 5.78 Å². The number of allylic oxidation sites excluding steroid dienone is 1. The molecule has 1 aromatic rings. The Morgan fingerprint density at radius 1 is 1.28 bits per heavy atom. The Labute approximate surface area is 114 Å². The molecule has 1 saturated heterocycles. The molecule has 1 heterocycles. The van der Waals surface area contributed by atoms with Crippen LogP contribution in [0.1, 0.15) is 16.8 Å². The molecule has 0 radical (unpaired) electrons. The van der Waals surface area contributed by atoms with Crippen molar-refractivity contribution < 1.29 is 9.18 Å². The maximum Gasteiger partial charge on any atom is 0.192 e. The minimum absolute atomic E-state index is 0.0139. The fourth-order valence-corrected chi connectivity index (χ4v) is 2.21. The molecule has 0 amide bonds. The largest absolute Gasteiger partial charge is 0.372 e. The lowest BCUT2D eigenvalue weighted by atomic mass is 10.1. The van der Waals surface area contributed by atoms with E-state index < -0.39 is 11.6 Å². The molecule has 0 unspecified atom stereocenters. The van der Waals surface area contributed by atoms with Gasteiger partial charge < -0.3 is 10.6 Å². The fourth-order valence-electron chi connectivity index (χ4n) is 1.66. The average molecular weight is 289 g/mol. The first-order valence-electron chi connectivity index (χ1n) is 5.47. The number of halogens is 3. The second-order valence-electron chi connectivity index (χ2n) is 3.85. The van der Waals surface area contributed by atoms with Crippen LogP contribution in [0.2, 0.25) is 10.0 Å². The van der Waals surface area contributed by atoms with Gasteiger partial charge in [-0.2, -0.15) is 0 Å². The highest BCUT2D eigenvalue weighted by Crippen LogP contribution is 2.28. The van der Waals surface area contributed by atoms with Crippen molar-refractivity contribution in [1.82, 2.24) is 10.6 Å². The standard InChI is InChI=1S/C12H11Cl2FN2O/c13-7-2-3-8(15)12(14)11(7)9(18)6-10-16-4-1-5-17-10/h2-3,6,16-17H,1,4-5H2. The zero-order valence-corrected chi connectivity index (χ0v) is 10.9. The van der Waals surface area contributed by atoms with E-state index in [0.29, 0.717) is 5.82 Å². The van der Waals surface area contributed by atoms with Gasteiger partial charge in [0.05, 0.1) is 15.6 Å². The van der Waals surface area contributed by atoms with Crippen molar-refractivity contribution in [2.45, 2.75) is 6.42 Å². The van der Waals surface area contributed by atoms with Gasteiger partial charge in [0.2, 0.25) is 0 Å². The smallest absolute Gasteiger partial charge is 0.192 e. The lowest BCUT2D eigenvalue weighted by Gasteiger charge is -2.18. The van der Waals surface area contributed by atoms with E-state index >= 15 is 0 Å². The highest BCUT2D eigenvalue weighted by Gasteiger charge is 2.17. The van der Waals surface area contributed by atoms with Crippen LogP contribution in [0.15, 0.2) is 24.0 Å². The first-order chi connectivity index (χ1) is 8.59. The average Bonchev–Trinajstić information content (AvgIpc) is 2.36. The van der Waals surface area contributed by atoms with Gasteiger partial charge in [0.1, 0.15) is 11.6 Å². The minimum Gasteiger partial charge on any atom is -0.372 e. The Bertz CT molecular complexity index is 509. The van der Waals surface area contributed by atoms with E-state index in [-0.39, 0.29) is 15.6 Å². The van der Waals surface area contributed by atoms with Crippen molar-refractivity contribution in [2.75, 3.05) is 13.1 Å². The van der Waals surface area contributed by atoms with Crippen molar-refractivity contribution in [3.63, 3.8) is 0 Å². The summed E-state index contributed by atoms with van der Waals surface area (Å²) in [7, 11) is 0. The summed E-state index contributed by atoms with van der Waals surface area (Å²) in [5.41, 5.74) is -0.0139. The quantitative estimate of drug-likeness (QED) is 0.500. The van der Waals surface area contributed by atoms with Crippen molar-refractivity contribution >= 4 is 29.0 Å². The van der Waals surface area contributed by atoms with E-state index in [0.717, 1.165) is 25.6 Å². The molecule has 2 N–H and O–H groups in total. The van der Waals surface area contributed by atoms with Crippen molar-refractivity contribution in [2.24, 2.45) is 0 Å². The Balaban J connectivity index is 2.31. The molecule has 96 valence electrons. The van der Waals surface area contributed by atoms with Gasteiger partial charge in [-0.15, -0.1) is 0 Å². The Morgan fingerprint density at radius 2 is 1.94 bits per heavy atom. The molecule has 1 aromatic carbocycles. The summed E-state index contributed by atoms with van der Waals surface area (Å²) < 4.78 is 13.3. The number of nitrogens with one attached hydrogen (secondary N) is 2. The van der Waals surface area contributed by atoms with Gasteiger partial charge in [0, 0.05) is 19.2 Å². The summed E-state index contributed by atoms with van der Waals surface area (Å²) in [5.74, 6) is -0.489. The zero-order chi connectivity index (χ0) is 13.1. The van der Waals surface area contributed by atoms with E-state index in [1.165, 1.54) is 12.1 Å². The normalized spacial score (nSPS) is 14.7. The third-order valence-electron chi connectivity index (χ3n) is 2.55. The molecule has 18 heavy (non-hydrogen) atoms. The van der Waals surface area contributed by atoms with Crippen LogP contribution >= 0.6 is 23.2 Å². The molecule has 1 fully saturated rings. The van der Waals surface area contributed by atoms with Gasteiger partial charge in [-0.3, -0.25) is 4.79 Å². The summed E-state index contributed by atoms with van der Waals surface area (Å²) in [5, 5.41) is 5.93. The second-order valence-corrected chi connectivity index (χ2v) is 4.63. The SMILES string of the molecule is O=C(C=C1NCCCN1)c1c(Cl)ccc(F)c1Cl. The van der Waals surface area contributed by atoms with Gasteiger partial charge in [0.25, 0.3) is 0 Å². The molecular formula is C12H11Cl2FN2O. The maximum absolute atomic E-state index is 13.3. The van der Waals surface area contributed by atoms with Crippen LogP contribution in [-0.4, -0.2) is 18.9 Å². The minimum atomic E-state index is -0.660. The van der Waals surface area contributed by atoms with Crippen LogP contribution < -0.4 is 10.6 Å². The van der Waals surface area contributed by atoms with E-state index in [1.807, 2.05) is 0 Å². The summed E-state index contributed by atoms with van der Waals surface area (Å²) in [6.45, 7) is 1.58. The van der Waals surface area contributed by atoms with Crippen molar-refractivity contribution in [3.8, 4) is 0 Å². The van der Waals surface area contributed by atoms with Crippen molar-refractivity contribution in [3.05, 3.63) is 45.5 Å². The van der Waals surface area contributed by atoms with E-state index in [9.17, 15) is 9.18 Å². The Morgan fingerprint density at radius 3 is 2.61 bits per heavy atom. The first kappa shape index (κ1) is 13.2. The van der Waals surface area contributed by atoms with E-state index in [1.54, 1.807) is 0 Å². The lowest BCUT2D eigenvalue weighted by molar-refractivity contribution is 0.104. The molecular weight excluding hydrogens is 278 g/mol. The molecule has 0 saturated carbocycles. The molecule has 1 aliphatic rings. The summed E-state index contributed by atoms with van der Waals surface area (Å²) in [6, 6.07) is 2.45. The third kappa shape index (κ3) is 2.76. The summed E-state index contributed by atoms with van der Waals surface area (Å²) >= 11 is 11.6. The number of carbonyl (C=O) groups is 1. The van der Waals surface area contributed by atoms with Crippen LogP contribution in [0.25, 0.3) is 0 Å². The summed E-state index contributed by atoms with van der Waals surface area (Å²) in [4.78, 5) is 12.0. The number of hydrogen-bond donors (Lipinski definition) is 2. The monoisotopic (exact) mass is 288 g/mol. The number of ketones is 1. The van der Waals surface area contributed by atoms with Crippen molar-refractivity contribution in [1.29, 1.82) is 0 Å². The van der Waals surface area contributed by atoms with Crippen LogP contribution in [0.3, 0.4) is 0 Å². The predicted octanol–water partition coefficient (Wildman–Crippen LogP) is 2.74. The Hall–Kier alpha value is -1.26. The van der Waals surface area contributed by atoms with Crippen LogP contribution in [0.5, 0.6) is 0 Å². The third-order valence-corrected chi connectivity index (χ3v) is 3.23. The first-order valence-corrected chi connectivity index (χ1v) is 6.22. The van der Waals surface area contributed by atoms with Gasteiger partial charge >= 0.3 is 0 Å². The van der Waals surface area contributed by atoms with Gasteiger partial charge in [-0.1, -0.05) is 23.2 Å². The van der Waals surface area contributed by atoms with E-state index in [2.05, 4.69) is 10.6 Å². The topological polar surface area (TPSA) is 41.1 Å². The highest BCUT2D eigenvalue weighted by atomic mass is 35.5. The molecule has 0 bridgehead atoms. The lowest BCUT2D eigenvalue weighted by Crippen LogP contribution is -2.35. The molecule has 2 rings (SSSR count). The predicted molar refractivity (Wildman–Crippen MR) is 69.5 cm³/mol.